The molecule has 1 heterocycles. The molecule has 150 valence electrons. The maximum absolute atomic E-state index is 13.0. The van der Waals surface area contributed by atoms with Crippen LogP contribution < -0.4 is 5.32 Å². The second kappa shape index (κ2) is 7.65. The molecule has 1 aliphatic heterocycles. The number of halogens is 4. The van der Waals surface area contributed by atoms with Gasteiger partial charge in [-0.05, 0) is 42.5 Å². The van der Waals surface area contributed by atoms with Gasteiger partial charge >= 0.3 is 6.18 Å². The smallest absolute Gasteiger partial charge is 0.406 e. The van der Waals surface area contributed by atoms with Crippen molar-refractivity contribution >= 4 is 17.4 Å². The number of amides is 2. The lowest BCUT2D eigenvalue weighted by molar-refractivity contribution is -0.157. The van der Waals surface area contributed by atoms with Crippen molar-refractivity contribution < 1.29 is 32.3 Å². The lowest BCUT2D eigenvalue weighted by Crippen LogP contribution is -2.39. The molecule has 0 spiro atoms. The molecule has 0 aromatic heterocycles. The number of benzene rings is 1. The van der Waals surface area contributed by atoms with E-state index in [1.165, 1.54) is 12.1 Å². The molecule has 2 N–H and O–H groups in total. The lowest BCUT2D eigenvalue weighted by atomic mass is 9.90. The fraction of sp³-hybridized carbons (Fsp3) is 0.368. The quantitative estimate of drug-likeness (QED) is 0.766. The van der Waals surface area contributed by atoms with Crippen molar-refractivity contribution in [1.29, 1.82) is 0 Å². The van der Waals surface area contributed by atoms with Crippen LogP contribution in [0.1, 0.15) is 24.8 Å². The third-order valence-corrected chi connectivity index (χ3v) is 4.73. The first kappa shape index (κ1) is 19.9. The molecule has 1 aromatic rings. The van der Waals surface area contributed by atoms with Crippen LogP contribution in [-0.2, 0) is 9.59 Å². The number of carbonyl (C=O) groups excluding carboxylic acids is 2. The van der Waals surface area contributed by atoms with Gasteiger partial charge in [-0.15, -0.1) is 0 Å². The largest absolute Gasteiger partial charge is 0.503 e. The van der Waals surface area contributed by atoms with Gasteiger partial charge in [-0.25, -0.2) is 4.39 Å². The number of alkyl halides is 3. The van der Waals surface area contributed by atoms with Gasteiger partial charge in [0.2, 0.25) is 0 Å². The Balaban J connectivity index is 1.60. The summed E-state index contributed by atoms with van der Waals surface area (Å²) in [6.45, 7) is -2.11. The highest BCUT2D eigenvalue weighted by Crippen LogP contribution is 2.28. The number of nitrogens with zero attached hydrogens (tertiary/aromatic N) is 1. The zero-order valence-electron chi connectivity index (χ0n) is 14.7. The highest BCUT2D eigenvalue weighted by molar-refractivity contribution is 6.07. The summed E-state index contributed by atoms with van der Waals surface area (Å²) in [7, 11) is 0. The van der Waals surface area contributed by atoms with Gasteiger partial charge in [0.25, 0.3) is 11.8 Å². The summed E-state index contributed by atoms with van der Waals surface area (Å²) >= 11 is 0. The van der Waals surface area contributed by atoms with Crippen LogP contribution in [0.2, 0.25) is 0 Å². The Labute approximate surface area is 158 Å². The zero-order valence-corrected chi connectivity index (χ0v) is 14.7. The normalized spacial score (nSPS) is 20.4. The van der Waals surface area contributed by atoms with Crippen LogP contribution in [0.25, 0.3) is 5.57 Å². The van der Waals surface area contributed by atoms with Crippen LogP contribution in [0.15, 0.2) is 41.7 Å². The van der Waals surface area contributed by atoms with Gasteiger partial charge in [0.15, 0.2) is 5.76 Å². The lowest BCUT2D eigenvalue weighted by Gasteiger charge is -2.24. The van der Waals surface area contributed by atoms with Crippen molar-refractivity contribution in [3.8, 4) is 0 Å². The number of aliphatic hydroxyl groups is 1. The Hall–Kier alpha value is -2.84. The SMILES string of the molecule is O=C(NC1CC=C(c2ccc(F)cc2)CC1)C1=C(O)C(=O)N(CC(F)(F)F)C1. The number of rotatable bonds is 4. The first-order chi connectivity index (χ1) is 13.1. The minimum atomic E-state index is -4.62. The molecule has 0 saturated carbocycles. The van der Waals surface area contributed by atoms with Crippen LogP contribution in [0.3, 0.4) is 0 Å². The van der Waals surface area contributed by atoms with Gasteiger partial charge in [-0.2, -0.15) is 13.2 Å². The van der Waals surface area contributed by atoms with Gasteiger partial charge in [0.1, 0.15) is 12.4 Å². The van der Waals surface area contributed by atoms with Crippen molar-refractivity contribution in [1.82, 2.24) is 10.2 Å². The summed E-state index contributed by atoms with van der Waals surface area (Å²) in [6.07, 6.45) is -1.03. The first-order valence-electron chi connectivity index (χ1n) is 8.68. The van der Waals surface area contributed by atoms with Crippen LogP contribution >= 0.6 is 0 Å². The van der Waals surface area contributed by atoms with E-state index in [-0.39, 0.29) is 17.4 Å². The van der Waals surface area contributed by atoms with Crippen molar-refractivity contribution in [3.05, 3.63) is 53.1 Å². The van der Waals surface area contributed by atoms with Crippen LogP contribution in [0, 0.1) is 5.82 Å². The van der Waals surface area contributed by atoms with E-state index in [1.807, 2.05) is 6.08 Å². The van der Waals surface area contributed by atoms with Crippen LogP contribution in [-0.4, -0.2) is 47.1 Å². The Morgan fingerprint density at radius 2 is 1.93 bits per heavy atom. The second-order valence-electron chi connectivity index (χ2n) is 6.78. The third-order valence-electron chi connectivity index (χ3n) is 4.73. The molecule has 28 heavy (non-hydrogen) atoms. The molecule has 9 heteroatoms. The molecule has 1 aromatic carbocycles. The molecule has 1 atom stereocenters. The van der Waals surface area contributed by atoms with Gasteiger partial charge in [-0.1, -0.05) is 18.2 Å². The van der Waals surface area contributed by atoms with Crippen molar-refractivity contribution in [2.24, 2.45) is 0 Å². The summed E-state index contributed by atoms with van der Waals surface area (Å²) in [5.74, 6) is -3.23. The zero-order chi connectivity index (χ0) is 20.5. The van der Waals surface area contributed by atoms with Crippen molar-refractivity contribution in [3.63, 3.8) is 0 Å². The second-order valence-corrected chi connectivity index (χ2v) is 6.78. The molecule has 3 rings (SSSR count). The minimum Gasteiger partial charge on any atom is -0.503 e. The number of carbonyl (C=O) groups is 2. The maximum atomic E-state index is 13.0. The van der Waals surface area contributed by atoms with Gasteiger partial charge < -0.3 is 15.3 Å². The summed E-state index contributed by atoms with van der Waals surface area (Å²) in [5, 5.41) is 12.4. The first-order valence-corrected chi connectivity index (χ1v) is 8.68. The number of hydrogen-bond donors (Lipinski definition) is 2. The monoisotopic (exact) mass is 398 g/mol. The fourth-order valence-electron chi connectivity index (χ4n) is 3.30. The van der Waals surface area contributed by atoms with Gasteiger partial charge in [-0.3, -0.25) is 9.59 Å². The molecule has 5 nitrogen and oxygen atoms in total. The summed E-state index contributed by atoms with van der Waals surface area (Å²) in [5.41, 5.74) is 1.54. The number of aliphatic hydroxyl groups excluding tert-OH is 1. The third kappa shape index (κ3) is 4.52. The molecule has 0 fully saturated rings. The topological polar surface area (TPSA) is 69.6 Å². The van der Waals surface area contributed by atoms with Crippen molar-refractivity contribution in [2.75, 3.05) is 13.1 Å². The minimum absolute atomic E-state index is 0.274. The Morgan fingerprint density at radius 3 is 2.50 bits per heavy atom. The predicted octanol–water partition coefficient (Wildman–Crippen LogP) is 3.09. The molecule has 1 unspecified atom stereocenters. The summed E-state index contributed by atoms with van der Waals surface area (Å²) in [6, 6.07) is 5.79. The standard InChI is InChI=1S/C19H18F4N2O3/c20-13-5-1-11(2-6-13)12-3-7-14(8-4-12)24-17(27)15-9-25(10-19(21,22)23)18(28)16(15)26/h1-3,5-6,14,26H,4,7-10H2,(H,24,27). The summed E-state index contributed by atoms with van der Waals surface area (Å²) < 4.78 is 50.5. The van der Waals surface area contributed by atoms with E-state index >= 15 is 0 Å². The molecule has 2 aliphatic rings. The number of allylic oxidation sites excluding steroid dienone is 1. The Morgan fingerprint density at radius 1 is 1.25 bits per heavy atom. The summed E-state index contributed by atoms with van der Waals surface area (Å²) in [4.78, 5) is 24.4. The molecule has 1 aliphatic carbocycles. The maximum Gasteiger partial charge on any atom is 0.406 e. The average Bonchev–Trinajstić information content (AvgIpc) is 2.90. The Kier molecular flexibility index (Phi) is 5.44. The van der Waals surface area contributed by atoms with E-state index in [0.717, 1.165) is 11.1 Å². The van der Waals surface area contributed by atoms with Gasteiger partial charge in [0.05, 0.1) is 12.1 Å². The molecule has 2 amide bonds. The fourth-order valence-corrected chi connectivity index (χ4v) is 3.30. The molecule has 0 bridgehead atoms. The van der Waals surface area contributed by atoms with Gasteiger partial charge in [0, 0.05) is 6.04 Å². The van der Waals surface area contributed by atoms with Crippen LogP contribution in [0.5, 0.6) is 0 Å². The van der Waals surface area contributed by atoms with E-state index in [0.29, 0.717) is 24.2 Å². The molecular formula is C19H18F4N2O3. The van der Waals surface area contributed by atoms with E-state index in [4.69, 9.17) is 0 Å². The predicted molar refractivity (Wildman–Crippen MR) is 92.4 cm³/mol. The van der Waals surface area contributed by atoms with E-state index in [2.05, 4.69) is 5.32 Å². The van der Waals surface area contributed by atoms with E-state index in [9.17, 15) is 32.3 Å². The average molecular weight is 398 g/mol. The number of nitrogens with one attached hydrogen (secondary N) is 1. The Bertz CT molecular complexity index is 844. The highest BCUT2D eigenvalue weighted by Gasteiger charge is 2.40. The van der Waals surface area contributed by atoms with E-state index in [1.54, 1.807) is 12.1 Å². The highest BCUT2D eigenvalue weighted by atomic mass is 19.4. The molecule has 0 radical (unpaired) electrons. The molecular weight excluding hydrogens is 380 g/mol. The molecule has 0 saturated heterocycles. The van der Waals surface area contributed by atoms with Crippen LogP contribution in [0.4, 0.5) is 17.6 Å². The van der Waals surface area contributed by atoms with Crippen molar-refractivity contribution in [2.45, 2.75) is 31.5 Å². The number of hydrogen-bond acceptors (Lipinski definition) is 3. The van der Waals surface area contributed by atoms with E-state index < -0.39 is 36.8 Å².